The van der Waals surface area contributed by atoms with Gasteiger partial charge in [-0.2, -0.15) is 5.10 Å². The van der Waals surface area contributed by atoms with E-state index in [9.17, 15) is 0 Å². The Hall–Kier alpha value is -1.19. The predicted octanol–water partition coefficient (Wildman–Crippen LogP) is 2.98. The first kappa shape index (κ1) is 10.3. The Labute approximate surface area is 97.4 Å². The van der Waals surface area contributed by atoms with Crippen molar-refractivity contribution in [2.45, 2.75) is 0 Å². The molecule has 0 amide bonds. The summed E-state index contributed by atoms with van der Waals surface area (Å²) in [5.41, 5.74) is 7.34. The molecular weight excluding hydrogens is 233 g/mol. The number of benzene rings is 1. The smallest absolute Gasteiger partial charge is 0.129 e. The second-order valence-electron chi connectivity index (χ2n) is 3.16. The topological polar surface area (TPSA) is 43.8 Å². The fourth-order valence-corrected chi connectivity index (χ4v) is 2.00. The van der Waals surface area contributed by atoms with Gasteiger partial charge in [-0.25, -0.2) is 0 Å². The van der Waals surface area contributed by atoms with Crippen molar-refractivity contribution in [3.63, 3.8) is 0 Å². The number of aromatic nitrogens is 2. The molecule has 0 bridgehead atoms. The average Bonchev–Trinajstić information content (AvgIpc) is 2.49. The molecule has 15 heavy (non-hydrogen) atoms. The molecule has 0 aliphatic carbocycles. The maximum absolute atomic E-state index is 6.07. The van der Waals surface area contributed by atoms with E-state index in [1.807, 2.05) is 0 Å². The Morgan fingerprint density at radius 1 is 1.27 bits per heavy atom. The van der Waals surface area contributed by atoms with Crippen LogP contribution in [0.4, 0.5) is 5.82 Å². The summed E-state index contributed by atoms with van der Waals surface area (Å²) in [6.07, 6.45) is 1.66. The van der Waals surface area contributed by atoms with Crippen LogP contribution in [0.2, 0.25) is 10.0 Å². The van der Waals surface area contributed by atoms with Crippen LogP contribution in [-0.4, -0.2) is 9.78 Å². The Balaban J connectivity index is 2.69. The van der Waals surface area contributed by atoms with E-state index in [2.05, 4.69) is 5.10 Å². The van der Waals surface area contributed by atoms with E-state index >= 15 is 0 Å². The number of aryl methyl sites for hydroxylation is 1. The summed E-state index contributed by atoms with van der Waals surface area (Å²) < 4.78 is 1.58. The molecule has 2 N–H and O–H groups in total. The lowest BCUT2D eigenvalue weighted by Crippen LogP contribution is -1.98. The maximum atomic E-state index is 6.07. The normalized spacial score (nSPS) is 10.6. The molecule has 0 spiro atoms. The molecule has 2 aromatic rings. The number of anilines is 1. The SMILES string of the molecule is Cn1ncc(-c2c(Cl)cccc2Cl)c1N. The van der Waals surface area contributed by atoms with Crippen molar-refractivity contribution in [1.82, 2.24) is 9.78 Å². The Bertz CT molecular complexity index is 485. The highest BCUT2D eigenvalue weighted by Gasteiger charge is 2.13. The van der Waals surface area contributed by atoms with Gasteiger partial charge >= 0.3 is 0 Å². The number of nitrogens with two attached hydrogens (primary N) is 1. The first-order chi connectivity index (χ1) is 7.11. The minimum Gasteiger partial charge on any atom is -0.383 e. The minimum absolute atomic E-state index is 0.546. The number of hydrogen-bond donors (Lipinski definition) is 1. The third kappa shape index (κ3) is 1.68. The highest BCUT2D eigenvalue weighted by molar-refractivity contribution is 6.39. The zero-order chi connectivity index (χ0) is 11.0. The molecule has 0 atom stereocenters. The Kier molecular flexibility index (Phi) is 2.59. The van der Waals surface area contributed by atoms with Gasteiger partial charge in [-0.15, -0.1) is 0 Å². The quantitative estimate of drug-likeness (QED) is 0.835. The molecule has 78 valence electrons. The van der Waals surface area contributed by atoms with Crippen LogP contribution in [0.3, 0.4) is 0 Å². The molecular formula is C10H9Cl2N3. The van der Waals surface area contributed by atoms with E-state index in [-0.39, 0.29) is 0 Å². The molecule has 1 aromatic heterocycles. The first-order valence-corrected chi connectivity index (χ1v) is 5.08. The minimum atomic E-state index is 0.546. The summed E-state index contributed by atoms with van der Waals surface area (Å²) in [6.45, 7) is 0. The fourth-order valence-electron chi connectivity index (χ4n) is 1.39. The molecule has 2 rings (SSSR count). The Morgan fingerprint density at radius 2 is 1.87 bits per heavy atom. The molecule has 1 heterocycles. The third-order valence-electron chi connectivity index (χ3n) is 2.22. The van der Waals surface area contributed by atoms with Gasteiger partial charge in [-0.1, -0.05) is 29.3 Å². The summed E-state index contributed by atoms with van der Waals surface area (Å²) >= 11 is 12.1. The van der Waals surface area contributed by atoms with E-state index in [0.717, 1.165) is 11.1 Å². The molecule has 0 saturated heterocycles. The highest BCUT2D eigenvalue weighted by atomic mass is 35.5. The molecule has 0 unspecified atom stereocenters. The van der Waals surface area contributed by atoms with Gasteiger partial charge in [0.2, 0.25) is 0 Å². The summed E-state index contributed by atoms with van der Waals surface area (Å²) in [5.74, 6) is 0.546. The van der Waals surface area contributed by atoms with E-state index in [0.29, 0.717) is 15.9 Å². The van der Waals surface area contributed by atoms with Crippen molar-refractivity contribution in [2.75, 3.05) is 5.73 Å². The number of hydrogen-bond acceptors (Lipinski definition) is 2. The van der Waals surface area contributed by atoms with Crippen LogP contribution >= 0.6 is 23.2 Å². The van der Waals surface area contributed by atoms with Gasteiger partial charge in [0.25, 0.3) is 0 Å². The summed E-state index contributed by atoms with van der Waals surface area (Å²) in [6, 6.07) is 5.34. The molecule has 3 nitrogen and oxygen atoms in total. The van der Waals surface area contributed by atoms with Crippen molar-refractivity contribution in [3.05, 3.63) is 34.4 Å². The predicted molar refractivity (Wildman–Crippen MR) is 63.1 cm³/mol. The maximum Gasteiger partial charge on any atom is 0.129 e. The largest absolute Gasteiger partial charge is 0.383 e. The van der Waals surface area contributed by atoms with Crippen molar-refractivity contribution in [2.24, 2.45) is 7.05 Å². The molecule has 0 aliphatic rings. The lowest BCUT2D eigenvalue weighted by atomic mass is 10.1. The van der Waals surface area contributed by atoms with Crippen LogP contribution < -0.4 is 5.73 Å². The van der Waals surface area contributed by atoms with Crippen molar-refractivity contribution in [3.8, 4) is 11.1 Å². The van der Waals surface area contributed by atoms with Crippen molar-refractivity contribution < 1.29 is 0 Å². The van der Waals surface area contributed by atoms with Crippen molar-refractivity contribution in [1.29, 1.82) is 0 Å². The monoisotopic (exact) mass is 241 g/mol. The lowest BCUT2D eigenvalue weighted by Gasteiger charge is -2.05. The number of nitrogens with zero attached hydrogens (tertiary/aromatic N) is 2. The van der Waals surface area contributed by atoms with Gasteiger partial charge in [0.15, 0.2) is 0 Å². The zero-order valence-corrected chi connectivity index (χ0v) is 9.55. The first-order valence-electron chi connectivity index (χ1n) is 4.33. The van der Waals surface area contributed by atoms with Crippen LogP contribution in [0.5, 0.6) is 0 Å². The van der Waals surface area contributed by atoms with Crippen LogP contribution in [0.1, 0.15) is 0 Å². The molecule has 0 radical (unpaired) electrons. The summed E-state index contributed by atoms with van der Waals surface area (Å²) in [7, 11) is 1.77. The molecule has 5 heteroatoms. The van der Waals surface area contributed by atoms with Gasteiger partial charge in [-0.05, 0) is 12.1 Å². The molecule has 0 saturated carbocycles. The second-order valence-corrected chi connectivity index (χ2v) is 3.98. The average molecular weight is 242 g/mol. The van der Waals surface area contributed by atoms with Gasteiger partial charge in [0.05, 0.1) is 16.2 Å². The van der Waals surface area contributed by atoms with Crippen LogP contribution in [0.15, 0.2) is 24.4 Å². The standard InChI is InChI=1S/C10H9Cl2N3/c1-15-10(13)6(5-14-15)9-7(11)3-2-4-8(9)12/h2-5H,13H2,1H3. The summed E-state index contributed by atoms with van der Waals surface area (Å²) in [5, 5.41) is 5.19. The van der Waals surface area contributed by atoms with E-state index < -0.39 is 0 Å². The van der Waals surface area contributed by atoms with Crippen LogP contribution in [-0.2, 0) is 7.05 Å². The van der Waals surface area contributed by atoms with E-state index in [1.165, 1.54) is 0 Å². The number of rotatable bonds is 1. The van der Waals surface area contributed by atoms with Crippen LogP contribution in [0.25, 0.3) is 11.1 Å². The molecule has 1 aromatic carbocycles. The van der Waals surface area contributed by atoms with E-state index in [4.69, 9.17) is 28.9 Å². The molecule has 0 fully saturated rings. The third-order valence-corrected chi connectivity index (χ3v) is 2.85. The lowest BCUT2D eigenvalue weighted by molar-refractivity contribution is 0.779. The second kappa shape index (κ2) is 3.76. The van der Waals surface area contributed by atoms with E-state index in [1.54, 1.807) is 36.1 Å². The van der Waals surface area contributed by atoms with Crippen molar-refractivity contribution >= 4 is 29.0 Å². The number of nitrogen functional groups attached to an aromatic ring is 1. The van der Waals surface area contributed by atoms with Gasteiger partial charge in [0.1, 0.15) is 5.82 Å². The molecule has 0 aliphatic heterocycles. The summed E-state index contributed by atoms with van der Waals surface area (Å²) in [4.78, 5) is 0. The van der Waals surface area contributed by atoms with Gasteiger partial charge in [-0.3, -0.25) is 4.68 Å². The van der Waals surface area contributed by atoms with Crippen LogP contribution in [0, 0.1) is 0 Å². The van der Waals surface area contributed by atoms with Gasteiger partial charge < -0.3 is 5.73 Å². The highest BCUT2D eigenvalue weighted by Crippen LogP contribution is 2.36. The zero-order valence-electron chi connectivity index (χ0n) is 8.04. The number of halogens is 2. The fraction of sp³-hybridized carbons (Fsp3) is 0.100. The van der Waals surface area contributed by atoms with Gasteiger partial charge in [0, 0.05) is 18.2 Å². The Morgan fingerprint density at radius 3 is 2.33 bits per heavy atom.